The Balaban J connectivity index is 2.46. The molecule has 0 saturated carbocycles. The first kappa shape index (κ1) is 11.6. The van der Waals surface area contributed by atoms with Crippen molar-refractivity contribution < 1.29 is 4.79 Å². The Hall–Kier alpha value is -0.870. The molecule has 3 nitrogen and oxygen atoms in total. The molecule has 1 aromatic rings. The third-order valence-corrected chi connectivity index (χ3v) is 3.40. The molecule has 0 spiro atoms. The van der Waals surface area contributed by atoms with E-state index in [-0.39, 0.29) is 5.91 Å². The summed E-state index contributed by atoms with van der Waals surface area (Å²) in [6.07, 6.45) is 0. The molecule has 0 aliphatic carbocycles. The molecule has 0 aromatic heterocycles. The molecular formula is C12H15BrN2O. The van der Waals surface area contributed by atoms with Crippen LogP contribution in [0.25, 0.3) is 0 Å². The number of carbonyl (C=O) groups excluding carboxylic acids is 1. The summed E-state index contributed by atoms with van der Waals surface area (Å²) in [4.78, 5) is 13.8. The second kappa shape index (κ2) is 4.18. The van der Waals surface area contributed by atoms with Crippen LogP contribution in [0.1, 0.15) is 25.5 Å². The lowest BCUT2D eigenvalue weighted by Crippen LogP contribution is -2.34. The highest BCUT2D eigenvalue weighted by Crippen LogP contribution is 2.39. The molecule has 1 aromatic carbocycles. The van der Waals surface area contributed by atoms with Crippen LogP contribution in [0.3, 0.4) is 0 Å². The number of anilines is 1. The van der Waals surface area contributed by atoms with Crippen LogP contribution in [-0.2, 0) is 4.79 Å². The van der Waals surface area contributed by atoms with Crippen LogP contribution < -0.4 is 10.6 Å². The van der Waals surface area contributed by atoms with Crippen molar-refractivity contribution in [1.29, 1.82) is 0 Å². The molecule has 16 heavy (non-hydrogen) atoms. The maximum Gasteiger partial charge on any atom is 0.248 e. The number of hydrogen-bond donors (Lipinski definition) is 1. The average Bonchev–Trinajstić information content (AvgIpc) is 2.44. The van der Waals surface area contributed by atoms with Crippen molar-refractivity contribution in [3.63, 3.8) is 0 Å². The van der Waals surface area contributed by atoms with Gasteiger partial charge in [0.25, 0.3) is 0 Å². The number of hydrogen-bond acceptors (Lipinski definition) is 2. The van der Waals surface area contributed by atoms with Crippen molar-refractivity contribution in [2.45, 2.75) is 19.9 Å². The lowest BCUT2D eigenvalue weighted by molar-refractivity contribution is -0.119. The monoisotopic (exact) mass is 282 g/mol. The van der Waals surface area contributed by atoms with Gasteiger partial charge in [-0.05, 0) is 18.1 Å². The zero-order valence-electron chi connectivity index (χ0n) is 9.40. The predicted molar refractivity (Wildman–Crippen MR) is 68.3 cm³/mol. The van der Waals surface area contributed by atoms with Crippen LogP contribution in [0.5, 0.6) is 0 Å². The maximum atomic E-state index is 12.0. The first-order chi connectivity index (χ1) is 7.52. The van der Waals surface area contributed by atoms with Gasteiger partial charge in [-0.2, -0.15) is 0 Å². The van der Waals surface area contributed by atoms with E-state index in [2.05, 4.69) is 29.8 Å². The van der Waals surface area contributed by atoms with Crippen LogP contribution >= 0.6 is 15.9 Å². The molecule has 2 rings (SSSR count). The number of rotatable bonds is 2. The zero-order chi connectivity index (χ0) is 11.9. The van der Waals surface area contributed by atoms with Crippen LogP contribution in [0.15, 0.2) is 22.7 Å². The number of nitrogens with two attached hydrogens (primary N) is 1. The topological polar surface area (TPSA) is 46.3 Å². The van der Waals surface area contributed by atoms with Gasteiger partial charge in [0.1, 0.15) is 6.04 Å². The van der Waals surface area contributed by atoms with Gasteiger partial charge in [-0.3, -0.25) is 4.79 Å². The van der Waals surface area contributed by atoms with E-state index in [1.807, 2.05) is 18.2 Å². The second-order valence-electron chi connectivity index (χ2n) is 4.49. The third-order valence-electron chi connectivity index (χ3n) is 2.71. The fourth-order valence-corrected chi connectivity index (χ4v) is 2.63. The minimum absolute atomic E-state index is 0.00407. The predicted octanol–water partition coefficient (Wildman–Crippen LogP) is 2.45. The lowest BCUT2D eigenvalue weighted by atomic mass is 10.1. The van der Waals surface area contributed by atoms with Crippen molar-refractivity contribution >= 4 is 27.5 Å². The summed E-state index contributed by atoms with van der Waals surface area (Å²) >= 11 is 3.45. The van der Waals surface area contributed by atoms with Gasteiger partial charge in [-0.1, -0.05) is 35.8 Å². The molecule has 2 N–H and O–H groups in total. The van der Waals surface area contributed by atoms with Crippen LogP contribution in [-0.4, -0.2) is 12.5 Å². The molecule has 1 unspecified atom stereocenters. The van der Waals surface area contributed by atoms with E-state index in [0.717, 1.165) is 22.3 Å². The summed E-state index contributed by atoms with van der Waals surface area (Å²) in [5.74, 6) is 0.427. The highest BCUT2D eigenvalue weighted by atomic mass is 79.9. The normalized spacial score (nSPS) is 19.4. The average molecular weight is 283 g/mol. The van der Waals surface area contributed by atoms with Gasteiger partial charge in [0.2, 0.25) is 5.91 Å². The van der Waals surface area contributed by atoms with Gasteiger partial charge >= 0.3 is 0 Å². The van der Waals surface area contributed by atoms with Crippen molar-refractivity contribution in [3.05, 3.63) is 28.2 Å². The Morgan fingerprint density at radius 3 is 2.81 bits per heavy atom. The number of halogens is 1. The molecule has 0 fully saturated rings. The highest BCUT2D eigenvalue weighted by molar-refractivity contribution is 9.10. The van der Waals surface area contributed by atoms with E-state index < -0.39 is 6.04 Å². The van der Waals surface area contributed by atoms with Crippen LogP contribution in [0, 0.1) is 5.92 Å². The molecule has 1 aliphatic heterocycles. The van der Waals surface area contributed by atoms with E-state index in [9.17, 15) is 4.79 Å². The van der Waals surface area contributed by atoms with Crippen molar-refractivity contribution in [2.75, 3.05) is 11.4 Å². The number of carbonyl (C=O) groups is 1. The molecule has 1 atom stereocenters. The van der Waals surface area contributed by atoms with E-state index in [4.69, 9.17) is 5.73 Å². The molecule has 4 heteroatoms. The smallest absolute Gasteiger partial charge is 0.248 e. The van der Waals surface area contributed by atoms with E-state index in [1.54, 1.807) is 4.90 Å². The molecule has 1 amide bonds. The van der Waals surface area contributed by atoms with Gasteiger partial charge < -0.3 is 10.6 Å². The summed E-state index contributed by atoms with van der Waals surface area (Å²) < 4.78 is 0.914. The van der Waals surface area contributed by atoms with Gasteiger partial charge in [0, 0.05) is 16.6 Å². The summed E-state index contributed by atoms with van der Waals surface area (Å²) in [7, 11) is 0. The fourth-order valence-electron chi connectivity index (χ4n) is 2.03. The third kappa shape index (κ3) is 1.76. The largest absolute Gasteiger partial charge is 0.316 e. The quantitative estimate of drug-likeness (QED) is 0.906. The van der Waals surface area contributed by atoms with Crippen LogP contribution in [0.4, 0.5) is 5.69 Å². The number of fused-ring (bicyclic) bond motifs is 1. The highest BCUT2D eigenvalue weighted by Gasteiger charge is 2.36. The molecule has 0 radical (unpaired) electrons. The van der Waals surface area contributed by atoms with Crippen molar-refractivity contribution in [3.8, 4) is 0 Å². The van der Waals surface area contributed by atoms with Gasteiger partial charge in [-0.25, -0.2) is 0 Å². The maximum absolute atomic E-state index is 12.0. The summed E-state index contributed by atoms with van der Waals surface area (Å²) in [6, 6.07) is 5.28. The van der Waals surface area contributed by atoms with E-state index in [1.165, 1.54) is 0 Å². The van der Waals surface area contributed by atoms with E-state index >= 15 is 0 Å². The summed E-state index contributed by atoms with van der Waals surface area (Å²) in [5, 5.41) is 0. The molecule has 1 aliphatic rings. The molecule has 0 saturated heterocycles. The summed E-state index contributed by atoms with van der Waals surface area (Å²) in [6.45, 7) is 4.90. The standard InChI is InChI=1S/C12H15BrN2O/c1-7(2)6-15-9-5-3-4-8(13)10(9)11(14)12(15)16/h3-5,7,11H,6,14H2,1-2H3. The number of nitrogens with zero attached hydrogens (tertiary/aromatic N) is 1. The van der Waals surface area contributed by atoms with Crippen molar-refractivity contribution in [2.24, 2.45) is 11.7 Å². The number of amides is 1. The Labute approximate surface area is 104 Å². The first-order valence-corrected chi connectivity index (χ1v) is 6.17. The lowest BCUT2D eigenvalue weighted by Gasteiger charge is -2.19. The van der Waals surface area contributed by atoms with Gasteiger partial charge in [0.15, 0.2) is 0 Å². The van der Waals surface area contributed by atoms with E-state index in [0.29, 0.717) is 5.92 Å². The minimum atomic E-state index is -0.524. The minimum Gasteiger partial charge on any atom is -0.316 e. The Kier molecular flexibility index (Phi) is 3.04. The van der Waals surface area contributed by atoms with Gasteiger partial charge in [0.05, 0.1) is 5.69 Å². The first-order valence-electron chi connectivity index (χ1n) is 5.37. The SMILES string of the molecule is CC(C)CN1C(=O)C(N)c2c(Br)cccc21. The fraction of sp³-hybridized carbons (Fsp3) is 0.417. The Morgan fingerprint density at radius 2 is 2.19 bits per heavy atom. The molecule has 86 valence electrons. The molecule has 0 bridgehead atoms. The van der Waals surface area contributed by atoms with Crippen molar-refractivity contribution in [1.82, 2.24) is 0 Å². The Morgan fingerprint density at radius 1 is 1.50 bits per heavy atom. The molecule has 1 heterocycles. The summed E-state index contributed by atoms with van der Waals surface area (Å²) in [5.41, 5.74) is 7.79. The second-order valence-corrected chi connectivity index (χ2v) is 5.35. The zero-order valence-corrected chi connectivity index (χ0v) is 11.0. The Bertz CT molecular complexity index is 431. The van der Waals surface area contributed by atoms with Gasteiger partial charge in [-0.15, -0.1) is 0 Å². The number of benzene rings is 1. The van der Waals surface area contributed by atoms with Crippen LogP contribution in [0.2, 0.25) is 0 Å². The molecular weight excluding hydrogens is 268 g/mol.